The van der Waals surface area contributed by atoms with E-state index in [2.05, 4.69) is 22.9 Å². The molecule has 0 amide bonds. The zero-order chi connectivity index (χ0) is 12.6. The second-order valence-corrected chi connectivity index (χ2v) is 6.24. The second-order valence-electron chi connectivity index (χ2n) is 5.32. The molecule has 2 rings (SSSR count). The number of rotatable bonds is 4. The molecule has 1 heterocycles. The summed E-state index contributed by atoms with van der Waals surface area (Å²) >= 11 is 3.56. The Kier molecular flexibility index (Phi) is 3.76. The average molecular weight is 303 g/mol. The van der Waals surface area contributed by atoms with Gasteiger partial charge in [0.1, 0.15) is 0 Å². The number of allylic oxidation sites excluding steroid dienone is 1. The Balaban J connectivity index is 2.11. The topological polar surface area (TPSA) is 49.8 Å². The van der Waals surface area contributed by atoms with Crippen molar-refractivity contribution < 1.29 is 14.6 Å². The van der Waals surface area contributed by atoms with E-state index in [1.165, 1.54) is 0 Å². The first-order valence-corrected chi connectivity index (χ1v) is 6.94. The summed E-state index contributed by atoms with van der Waals surface area (Å²) in [5.41, 5.74) is -0.545. The summed E-state index contributed by atoms with van der Waals surface area (Å²) in [5.74, 6) is 0.961. The van der Waals surface area contributed by atoms with Crippen LogP contribution in [-0.4, -0.2) is 29.7 Å². The fraction of sp³-hybridized carbons (Fsp3) is 0.769. The molecular formula is C13H19BrO3. The van der Waals surface area contributed by atoms with E-state index in [1.807, 2.05) is 13.0 Å². The molecule has 0 aromatic rings. The third-order valence-corrected chi connectivity index (χ3v) is 5.05. The number of aliphatic hydroxyl groups excluding tert-OH is 1. The monoisotopic (exact) mass is 302 g/mol. The Morgan fingerprint density at radius 1 is 1.59 bits per heavy atom. The summed E-state index contributed by atoms with van der Waals surface area (Å²) in [7, 11) is 0. The van der Waals surface area contributed by atoms with Crippen molar-refractivity contribution in [2.75, 3.05) is 13.2 Å². The molecule has 1 aliphatic carbocycles. The standard InChI is InChI=1S/C13H19BrO3/c1-8(9(2)6-15)5-10-11(14)3-4-12(16)13(10)7-17-13/h3,8-10,15H,4-7H2,1-2H3/t8?,9-,10?,13+/m1/s1. The van der Waals surface area contributed by atoms with Crippen LogP contribution in [0, 0.1) is 17.8 Å². The Morgan fingerprint density at radius 3 is 2.76 bits per heavy atom. The van der Waals surface area contributed by atoms with Crippen molar-refractivity contribution >= 4 is 21.7 Å². The highest BCUT2D eigenvalue weighted by atomic mass is 79.9. The first kappa shape index (κ1) is 13.2. The highest BCUT2D eigenvalue weighted by Gasteiger charge is 2.59. The van der Waals surface area contributed by atoms with Crippen LogP contribution < -0.4 is 0 Å². The Bertz CT molecular complexity index is 347. The number of aliphatic hydroxyl groups is 1. The number of carbonyl (C=O) groups excluding carboxylic acids is 1. The normalized spacial score (nSPS) is 35.6. The van der Waals surface area contributed by atoms with Crippen LogP contribution in [0.5, 0.6) is 0 Å². The molecule has 4 heteroatoms. The van der Waals surface area contributed by atoms with Crippen molar-refractivity contribution in [1.29, 1.82) is 0 Å². The van der Waals surface area contributed by atoms with Gasteiger partial charge in [-0.25, -0.2) is 0 Å². The maximum Gasteiger partial charge on any atom is 0.171 e. The predicted octanol–water partition coefficient (Wildman–Crippen LogP) is 2.28. The lowest BCUT2D eigenvalue weighted by atomic mass is 9.76. The first-order valence-electron chi connectivity index (χ1n) is 6.15. The quantitative estimate of drug-likeness (QED) is 0.811. The number of Topliss-reactive ketones (excluding diaryl/α,β-unsaturated/α-hetero) is 1. The summed E-state index contributed by atoms with van der Waals surface area (Å²) in [4.78, 5) is 11.9. The molecule has 3 nitrogen and oxygen atoms in total. The largest absolute Gasteiger partial charge is 0.396 e. The summed E-state index contributed by atoms with van der Waals surface area (Å²) in [6.45, 7) is 4.90. The van der Waals surface area contributed by atoms with E-state index >= 15 is 0 Å². The molecule has 0 saturated carbocycles. The van der Waals surface area contributed by atoms with Gasteiger partial charge >= 0.3 is 0 Å². The molecule has 1 N–H and O–H groups in total. The van der Waals surface area contributed by atoms with E-state index in [0.717, 1.165) is 10.9 Å². The van der Waals surface area contributed by atoms with Crippen LogP contribution in [0.2, 0.25) is 0 Å². The summed E-state index contributed by atoms with van der Waals surface area (Å²) in [5, 5.41) is 9.17. The van der Waals surface area contributed by atoms with Crippen LogP contribution in [0.3, 0.4) is 0 Å². The van der Waals surface area contributed by atoms with Crippen LogP contribution in [0.15, 0.2) is 10.6 Å². The van der Waals surface area contributed by atoms with Crippen molar-refractivity contribution in [2.45, 2.75) is 32.3 Å². The highest BCUT2D eigenvalue weighted by molar-refractivity contribution is 9.11. The molecule has 96 valence electrons. The number of epoxide rings is 1. The van der Waals surface area contributed by atoms with Gasteiger partial charge in [-0.3, -0.25) is 4.79 Å². The summed E-state index contributed by atoms with van der Waals surface area (Å²) in [6.07, 6.45) is 3.31. The molecule has 1 saturated heterocycles. The van der Waals surface area contributed by atoms with E-state index in [4.69, 9.17) is 4.74 Å². The molecule has 4 atom stereocenters. The number of ether oxygens (including phenoxy) is 1. The lowest BCUT2D eigenvalue weighted by molar-refractivity contribution is -0.125. The number of hydrogen-bond donors (Lipinski definition) is 1. The molecule has 0 bridgehead atoms. The molecule has 1 fully saturated rings. The van der Waals surface area contributed by atoms with Gasteiger partial charge in [-0.1, -0.05) is 35.9 Å². The molecule has 0 aromatic heterocycles. The second kappa shape index (κ2) is 4.82. The van der Waals surface area contributed by atoms with E-state index in [1.54, 1.807) is 0 Å². The lowest BCUT2D eigenvalue weighted by Gasteiger charge is -2.30. The predicted molar refractivity (Wildman–Crippen MR) is 68.8 cm³/mol. The summed E-state index contributed by atoms with van der Waals surface area (Å²) < 4.78 is 6.55. The highest BCUT2D eigenvalue weighted by Crippen LogP contribution is 2.49. The number of hydrogen-bond acceptors (Lipinski definition) is 3. The van der Waals surface area contributed by atoms with Crippen LogP contribution in [-0.2, 0) is 9.53 Å². The zero-order valence-corrected chi connectivity index (χ0v) is 11.9. The van der Waals surface area contributed by atoms with Crippen molar-refractivity contribution in [1.82, 2.24) is 0 Å². The molecule has 2 aliphatic rings. The number of ketones is 1. The molecule has 0 radical (unpaired) electrons. The van der Waals surface area contributed by atoms with Gasteiger partial charge in [0.15, 0.2) is 11.4 Å². The van der Waals surface area contributed by atoms with Gasteiger partial charge in [-0.05, 0) is 22.7 Å². The maximum absolute atomic E-state index is 11.9. The van der Waals surface area contributed by atoms with Gasteiger partial charge in [-0.2, -0.15) is 0 Å². The van der Waals surface area contributed by atoms with E-state index in [0.29, 0.717) is 18.9 Å². The molecular weight excluding hydrogens is 284 g/mol. The Morgan fingerprint density at radius 2 is 2.24 bits per heavy atom. The fourth-order valence-corrected chi connectivity index (χ4v) is 3.17. The van der Waals surface area contributed by atoms with E-state index in [9.17, 15) is 9.90 Å². The maximum atomic E-state index is 11.9. The zero-order valence-electron chi connectivity index (χ0n) is 10.3. The van der Waals surface area contributed by atoms with Crippen molar-refractivity contribution in [2.24, 2.45) is 17.8 Å². The third-order valence-electron chi connectivity index (χ3n) is 4.17. The molecule has 1 spiro atoms. The number of halogens is 1. The first-order chi connectivity index (χ1) is 8.01. The summed E-state index contributed by atoms with van der Waals surface area (Å²) in [6, 6.07) is 0. The van der Waals surface area contributed by atoms with Gasteiger partial charge < -0.3 is 9.84 Å². The van der Waals surface area contributed by atoms with Gasteiger partial charge in [0.05, 0.1) is 6.61 Å². The van der Waals surface area contributed by atoms with Crippen molar-refractivity contribution in [3.05, 3.63) is 10.6 Å². The van der Waals surface area contributed by atoms with Crippen LogP contribution in [0.4, 0.5) is 0 Å². The Labute approximate surface area is 110 Å². The van der Waals surface area contributed by atoms with Crippen LogP contribution in [0.25, 0.3) is 0 Å². The van der Waals surface area contributed by atoms with Crippen LogP contribution in [0.1, 0.15) is 26.7 Å². The van der Waals surface area contributed by atoms with E-state index < -0.39 is 5.60 Å². The molecule has 0 aromatic carbocycles. The van der Waals surface area contributed by atoms with Gasteiger partial charge in [0, 0.05) is 18.9 Å². The fourth-order valence-electron chi connectivity index (χ4n) is 2.45. The average Bonchev–Trinajstić information content (AvgIpc) is 3.10. The minimum atomic E-state index is -0.545. The van der Waals surface area contributed by atoms with E-state index in [-0.39, 0.29) is 24.2 Å². The lowest BCUT2D eigenvalue weighted by Crippen LogP contribution is -2.38. The molecule has 2 unspecified atom stereocenters. The minimum absolute atomic E-state index is 0.132. The smallest absolute Gasteiger partial charge is 0.171 e. The van der Waals surface area contributed by atoms with Gasteiger partial charge in [0.25, 0.3) is 0 Å². The van der Waals surface area contributed by atoms with Crippen LogP contribution >= 0.6 is 15.9 Å². The van der Waals surface area contributed by atoms with Gasteiger partial charge in [0.2, 0.25) is 0 Å². The van der Waals surface area contributed by atoms with Gasteiger partial charge in [-0.15, -0.1) is 0 Å². The molecule has 1 aliphatic heterocycles. The number of carbonyl (C=O) groups is 1. The SMILES string of the molecule is CC(CC1C(Br)=CCC(=O)[C@]12CO2)[C@H](C)CO. The molecule has 17 heavy (non-hydrogen) atoms. The third kappa shape index (κ3) is 2.35. The minimum Gasteiger partial charge on any atom is -0.396 e. The Hall–Kier alpha value is -0.190. The van der Waals surface area contributed by atoms with Crippen molar-refractivity contribution in [3.8, 4) is 0 Å². The van der Waals surface area contributed by atoms with Crippen molar-refractivity contribution in [3.63, 3.8) is 0 Å².